The van der Waals surface area contributed by atoms with Crippen LogP contribution in [0.3, 0.4) is 0 Å². The lowest BCUT2D eigenvalue weighted by molar-refractivity contribution is 0.449. The van der Waals surface area contributed by atoms with Gasteiger partial charge in [0, 0.05) is 12.7 Å². The summed E-state index contributed by atoms with van der Waals surface area (Å²) in [4.78, 5) is 8.34. The monoisotopic (exact) mass is 243 g/mol. The van der Waals surface area contributed by atoms with Crippen LogP contribution in [0.1, 0.15) is 31.0 Å². The van der Waals surface area contributed by atoms with Crippen LogP contribution in [-0.2, 0) is 6.54 Å². The van der Waals surface area contributed by atoms with Crippen molar-refractivity contribution in [2.75, 3.05) is 0 Å². The Hall–Kier alpha value is -1.94. The Morgan fingerprint density at radius 1 is 1.22 bits per heavy atom. The number of hydrogen-bond acceptors (Lipinski definition) is 4. The van der Waals surface area contributed by atoms with Gasteiger partial charge in [-0.1, -0.05) is 32.0 Å². The van der Waals surface area contributed by atoms with Gasteiger partial charge in [-0.15, -0.1) is 0 Å². The molecule has 0 radical (unpaired) electrons. The molecule has 0 spiro atoms. The topological polar surface area (TPSA) is 61.0 Å². The summed E-state index contributed by atoms with van der Waals surface area (Å²) >= 11 is 0. The number of para-hydroxylation sites is 1. The van der Waals surface area contributed by atoms with Gasteiger partial charge in [0.25, 0.3) is 0 Å². The molecule has 0 aliphatic heterocycles. The molecular formula is C14H17N3O. The summed E-state index contributed by atoms with van der Waals surface area (Å²) in [7, 11) is 0. The van der Waals surface area contributed by atoms with Crippen molar-refractivity contribution in [3.63, 3.8) is 0 Å². The van der Waals surface area contributed by atoms with Crippen molar-refractivity contribution in [1.29, 1.82) is 0 Å². The maximum Gasteiger partial charge on any atom is 0.238 e. The quantitative estimate of drug-likeness (QED) is 0.897. The van der Waals surface area contributed by atoms with E-state index in [9.17, 15) is 0 Å². The number of rotatable bonds is 4. The zero-order chi connectivity index (χ0) is 13.0. The minimum absolute atomic E-state index is 0.357. The third-order valence-corrected chi connectivity index (χ3v) is 2.63. The third kappa shape index (κ3) is 2.84. The van der Waals surface area contributed by atoms with Crippen LogP contribution < -0.4 is 10.5 Å². The second-order valence-electron chi connectivity index (χ2n) is 4.35. The van der Waals surface area contributed by atoms with Gasteiger partial charge in [0.15, 0.2) is 0 Å². The highest BCUT2D eigenvalue weighted by molar-refractivity contribution is 5.37. The molecular weight excluding hydrogens is 226 g/mol. The van der Waals surface area contributed by atoms with Gasteiger partial charge in [0.1, 0.15) is 5.75 Å². The van der Waals surface area contributed by atoms with E-state index >= 15 is 0 Å². The van der Waals surface area contributed by atoms with E-state index in [1.54, 1.807) is 12.4 Å². The van der Waals surface area contributed by atoms with Crippen molar-refractivity contribution in [2.45, 2.75) is 26.3 Å². The number of benzene rings is 1. The second kappa shape index (κ2) is 5.60. The molecule has 0 unspecified atom stereocenters. The van der Waals surface area contributed by atoms with Crippen molar-refractivity contribution >= 4 is 0 Å². The maximum atomic E-state index is 5.78. The fourth-order valence-corrected chi connectivity index (χ4v) is 1.70. The molecule has 18 heavy (non-hydrogen) atoms. The van der Waals surface area contributed by atoms with E-state index in [-0.39, 0.29) is 0 Å². The van der Waals surface area contributed by atoms with E-state index < -0.39 is 0 Å². The molecule has 0 aliphatic rings. The van der Waals surface area contributed by atoms with Crippen LogP contribution in [0.5, 0.6) is 11.6 Å². The zero-order valence-corrected chi connectivity index (χ0v) is 10.6. The highest BCUT2D eigenvalue weighted by atomic mass is 16.5. The van der Waals surface area contributed by atoms with E-state index in [1.807, 2.05) is 18.2 Å². The molecule has 0 saturated heterocycles. The van der Waals surface area contributed by atoms with Crippen LogP contribution in [0.2, 0.25) is 0 Å². The van der Waals surface area contributed by atoms with Gasteiger partial charge in [-0.3, -0.25) is 4.98 Å². The van der Waals surface area contributed by atoms with E-state index in [0.29, 0.717) is 18.3 Å². The molecule has 1 aromatic heterocycles. The summed E-state index contributed by atoms with van der Waals surface area (Å²) in [5.41, 5.74) is 7.40. The molecule has 0 amide bonds. The minimum atomic E-state index is 0.357. The van der Waals surface area contributed by atoms with E-state index in [2.05, 4.69) is 29.9 Å². The van der Waals surface area contributed by atoms with E-state index in [1.165, 1.54) is 0 Å². The molecule has 94 valence electrons. The Morgan fingerprint density at radius 3 is 2.72 bits per heavy atom. The summed E-state index contributed by atoms with van der Waals surface area (Å²) < 4.78 is 5.78. The number of nitrogens with two attached hydrogens (primary N) is 1. The van der Waals surface area contributed by atoms with Crippen LogP contribution in [0.15, 0.2) is 36.7 Å². The highest BCUT2D eigenvalue weighted by Crippen LogP contribution is 2.29. The van der Waals surface area contributed by atoms with Gasteiger partial charge in [-0.25, -0.2) is 4.98 Å². The largest absolute Gasteiger partial charge is 0.437 e. The molecule has 2 aromatic rings. The molecule has 0 atom stereocenters. The van der Waals surface area contributed by atoms with Crippen molar-refractivity contribution in [3.05, 3.63) is 47.9 Å². The fraction of sp³-hybridized carbons (Fsp3) is 0.286. The Morgan fingerprint density at radius 2 is 2.00 bits per heavy atom. The van der Waals surface area contributed by atoms with Gasteiger partial charge >= 0.3 is 0 Å². The summed E-state index contributed by atoms with van der Waals surface area (Å²) in [6.45, 7) is 4.62. The lowest BCUT2D eigenvalue weighted by Crippen LogP contribution is -2.02. The first-order valence-electron chi connectivity index (χ1n) is 5.98. The normalized spacial score (nSPS) is 10.7. The van der Waals surface area contributed by atoms with Gasteiger partial charge in [-0.2, -0.15) is 0 Å². The van der Waals surface area contributed by atoms with Crippen LogP contribution >= 0.6 is 0 Å². The standard InChI is InChI=1S/C14H17N3O/c1-10(2)12-5-3-4-6-13(12)18-14-9-16-8-11(7-15)17-14/h3-6,8-10H,7,15H2,1-2H3. The van der Waals surface area contributed by atoms with E-state index in [0.717, 1.165) is 17.0 Å². The maximum absolute atomic E-state index is 5.78. The molecule has 2 N–H and O–H groups in total. The van der Waals surface area contributed by atoms with Crippen molar-refractivity contribution < 1.29 is 4.74 Å². The van der Waals surface area contributed by atoms with E-state index in [4.69, 9.17) is 10.5 Å². The number of hydrogen-bond donors (Lipinski definition) is 1. The number of aromatic nitrogens is 2. The summed E-state index contributed by atoms with van der Waals surface area (Å²) in [6.07, 6.45) is 3.23. The smallest absolute Gasteiger partial charge is 0.238 e. The average molecular weight is 243 g/mol. The fourth-order valence-electron chi connectivity index (χ4n) is 1.70. The number of ether oxygens (including phenoxy) is 1. The lowest BCUT2D eigenvalue weighted by atomic mass is 10.0. The Bertz CT molecular complexity index is 526. The Balaban J connectivity index is 2.28. The molecule has 0 saturated carbocycles. The van der Waals surface area contributed by atoms with Gasteiger partial charge < -0.3 is 10.5 Å². The zero-order valence-electron chi connectivity index (χ0n) is 10.6. The van der Waals surface area contributed by atoms with Crippen molar-refractivity contribution in [3.8, 4) is 11.6 Å². The van der Waals surface area contributed by atoms with Crippen LogP contribution in [-0.4, -0.2) is 9.97 Å². The molecule has 2 rings (SSSR count). The Labute approximate surface area is 107 Å². The molecule has 4 nitrogen and oxygen atoms in total. The van der Waals surface area contributed by atoms with Crippen molar-refractivity contribution in [2.24, 2.45) is 5.73 Å². The first-order valence-corrected chi connectivity index (χ1v) is 5.98. The molecule has 1 aromatic carbocycles. The number of nitrogens with zero attached hydrogens (tertiary/aromatic N) is 2. The minimum Gasteiger partial charge on any atom is -0.437 e. The molecule has 0 fully saturated rings. The molecule has 0 bridgehead atoms. The van der Waals surface area contributed by atoms with Crippen LogP contribution in [0.25, 0.3) is 0 Å². The third-order valence-electron chi connectivity index (χ3n) is 2.63. The summed E-state index contributed by atoms with van der Waals surface area (Å²) in [5.74, 6) is 1.69. The second-order valence-corrected chi connectivity index (χ2v) is 4.35. The average Bonchev–Trinajstić information content (AvgIpc) is 2.39. The lowest BCUT2D eigenvalue weighted by Gasteiger charge is -2.12. The molecule has 0 aliphatic carbocycles. The van der Waals surface area contributed by atoms with Gasteiger partial charge in [0.2, 0.25) is 5.88 Å². The predicted octanol–water partition coefficient (Wildman–Crippen LogP) is 2.85. The van der Waals surface area contributed by atoms with Crippen LogP contribution in [0.4, 0.5) is 0 Å². The molecule has 1 heterocycles. The molecule has 4 heteroatoms. The summed E-state index contributed by atoms with van der Waals surface area (Å²) in [6, 6.07) is 7.94. The first-order chi connectivity index (χ1) is 8.70. The Kier molecular flexibility index (Phi) is 3.89. The van der Waals surface area contributed by atoms with Crippen molar-refractivity contribution in [1.82, 2.24) is 9.97 Å². The SMILES string of the molecule is CC(C)c1ccccc1Oc1cncc(CN)n1. The summed E-state index contributed by atoms with van der Waals surface area (Å²) in [5, 5.41) is 0. The highest BCUT2D eigenvalue weighted by Gasteiger charge is 2.08. The predicted molar refractivity (Wildman–Crippen MR) is 70.5 cm³/mol. The van der Waals surface area contributed by atoms with Gasteiger partial charge in [0.05, 0.1) is 11.9 Å². The van der Waals surface area contributed by atoms with Gasteiger partial charge in [-0.05, 0) is 17.5 Å². The van der Waals surface area contributed by atoms with Crippen LogP contribution in [0, 0.1) is 0 Å². The first kappa shape index (κ1) is 12.5.